The van der Waals surface area contributed by atoms with Gasteiger partial charge < -0.3 is 14.0 Å². The lowest BCUT2D eigenvalue weighted by Gasteiger charge is -2.12. The Morgan fingerprint density at radius 1 is 1.13 bits per heavy atom. The SMILES string of the molecule is CCOC(=O)Cn1c(C)c(-c2ccnc3c(OC(F)F)cccc23)c2cc(C)ccc21. The minimum Gasteiger partial charge on any atom is -0.465 e. The Bertz CT molecular complexity index is 1280. The molecule has 0 atom stereocenters. The Hall–Kier alpha value is -3.48. The van der Waals surface area contributed by atoms with E-state index in [-0.39, 0.29) is 18.3 Å². The van der Waals surface area contributed by atoms with Gasteiger partial charge >= 0.3 is 12.6 Å². The molecule has 4 rings (SSSR count). The van der Waals surface area contributed by atoms with Gasteiger partial charge in [0, 0.05) is 33.7 Å². The summed E-state index contributed by atoms with van der Waals surface area (Å²) in [4.78, 5) is 16.5. The highest BCUT2D eigenvalue weighted by molar-refractivity contribution is 6.07. The zero-order chi connectivity index (χ0) is 22.1. The van der Waals surface area contributed by atoms with Gasteiger partial charge in [-0.15, -0.1) is 0 Å². The molecule has 2 aromatic heterocycles. The third-order valence-electron chi connectivity index (χ3n) is 5.29. The summed E-state index contributed by atoms with van der Waals surface area (Å²) in [5.74, 6) is -0.291. The van der Waals surface area contributed by atoms with Crippen LogP contribution in [0.4, 0.5) is 8.78 Å². The molecule has 0 radical (unpaired) electrons. The molecule has 0 fully saturated rings. The van der Waals surface area contributed by atoms with Gasteiger partial charge in [-0.1, -0.05) is 23.8 Å². The number of hydrogen-bond donors (Lipinski definition) is 0. The average Bonchev–Trinajstić information content (AvgIpc) is 2.98. The minimum atomic E-state index is -2.94. The summed E-state index contributed by atoms with van der Waals surface area (Å²) in [5, 5.41) is 1.66. The zero-order valence-corrected chi connectivity index (χ0v) is 17.5. The van der Waals surface area contributed by atoms with Crippen LogP contribution in [0.15, 0.2) is 48.7 Å². The third kappa shape index (κ3) is 3.83. The molecule has 0 aliphatic heterocycles. The van der Waals surface area contributed by atoms with E-state index in [1.165, 1.54) is 6.07 Å². The van der Waals surface area contributed by atoms with Gasteiger partial charge in [-0.3, -0.25) is 9.78 Å². The van der Waals surface area contributed by atoms with E-state index in [1.54, 1.807) is 19.2 Å². The molecule has 0 bridgehead atoms. The van der Waals surface area contributed by atoms with E-state index in [4.69, 9.17) is 4.74 Å². The van der Waals surface area contributed by atoms with Crippen molar-refractivity contribution in [1.82, 2.24) is 9.55 Å². The largest absolute Gasteiger partial charge is 0.465 e. The van der Waals surface area contributed by atoms with Crippen molar-refractivity contribution in [3.05, 3.63) is 59.9 Å². The molecule has 0 saturated carbocycles. The molecule has 0 aliphatic rings. The molecule has 0 aliphatic carbocycles. The van der Waals surface area contributed by atoms with Crippen LogP contribution in [0.5, 0.6) is 5.75 Å². The predicted molar refractivity (Wildman–Crippen MR) is 115 cm³/mol. The van der Waals surface area contributed by atoms with Gasteiger partial charge in [0.25, 0.3) is 0 Å². The molecule has 160 valence electrons. The van der Waals surface area contributed by atoms with Crippen molar-refractivity contribution in [3.8, 4) is 16.9 Å². The van der Waals surface area contributed by atoms with Crippen molar-refractivity contribution in [2.45, 2.75) is 33.9 Å². The standard InChI is InChI=1S/C24H22F2N2O3/c1-4-30-21(29)13-28-15(3)22(18-12-14(2)8-9-19(18)28)16-10-11-27-23-17(16)6-5-7-20(23)31-24(25)26/h5-12,24H,4,13H2,1-3H3. The van der Waals surface area contributed by atoms with E-state index >= 15 is 0 Å². The molecular weight excluding hydrogens is 402 g/mol. The number of fused-ring (bicyclic) bond motifs is 2. The van der Waals surface area contributed by atoms with Crippen LogP contribution in [0.1, 0.15) is 18.2 Å². The van der Waals surface area contributed by atoms with Crippen molar-refractivity contribution in [1.29, 1.82) is 0 Å². The van der Waals surface area contributed by atoms with Crippen LogP contribution in [0, 0.1) is 13.8 Å². The number of alkyl halides is 2. The van der Waals surface area contributed by atoms with Crippen molar-refractivity contribution >= 4 is 27.8 Å². The Morgan fingerprint density at radius 3 is 2.68 bits per heavy atom. The monoisotopic (exact) mass is 424 g/mol. The summed E-state index contributed by atoms with van der Waals surface area (Å²) < 4.78 is 37.5. The van der Waals surface area contributed by atoms with Crippen LogP contribution in [0.2, 0.25) is 0 Å². The maximum atomic E-state index is 12.9. The fourth-order valence-corrected chi connectivity index (χ4v) is 4.03. The lowest BCUT2D eigenvalue weighted by atomic mass is 9.97. The number of aromatic nitrogens is 2. The van der Waals surface area contributed by atoms with E-state index in [0.717, 1.165) is 33.3 Å². The highest BCUT2D eigenvalue weighted by Crippen LogP contribution is 2.40. The Kier molecular flexibility index (Phi) is 5.59. The number of carbonyl (C=O) groups is 1. The first-order valence-corrected chi connectivity index (χ1v) is 9.98. The lowest BCUT2D eigenvalue weighted by molar-refractivity contribution is -0.143. The molecule has 0 unspecified atom stereocenters. The van der Waals surface area contributed by atoms with Gasteiger partial charge in [0.15, 0.2) is 5.75 Å². The highest BCUT2D eigenvalue weighted by Gasteiger charge is 2.21. The molecular formula is C24H22F2N2O3. The molecule has 5 nitrogen and oxygen atoms in total. The van der Waals surface area contributed by atoms with E-state index in [0.29, 0.717) is 17.5 Å². The van der Waals surface area contributed by atoms with E-state index in [1.807, 2.05) is 42.7 Å². The maximum Gasteiger partial charge on any atom is 0.387 e. The Morgan fingerprint density at radius 2 is 1.94 bits per heavy atom. The first kappa shape index (κ1) is 20.8. The molecule has 0 N–H and O–H groups in total. The molecule has 0 spiro atoms. The van der Waals surface area contributed by atoms with Gasteiger partial charge in [-0.2, -0.15) is 8.78 Å². The number of rotatable bonds is 6. The van der Waals surface area contributed by atoms with Gasteiger partial charge in [0.05, 0.1) is 6.61 Å². The summed E-state index contributed by atoms with van der Waals surface area (Å²) in [5.41, 5.74) is 4.96. The van der Waals surface area contributed by atoms with Crippen LogP contribution in [-0.2, 0) is 16.1 Å². The zero-order valence-electron chi connectivity index (χ0n) is 17.5. The van der Waals surface area contributed by atoms with Crippen LogP contribution in [0.3, 0.4) is 0 Å². The first-order chi connectivity index (χ1) is 14.9. The number of hydrogen-bond acceptors (Lipinski definition) is 4. The number of halogens is 2. The lowest BCUT2D eigenvalue weighted by Crippen LogP contribution is -2.14. The fraction of sp³-hybridized carbons (Fsp3) is 0.250. The van der Waals surface area contributed by atoms with Crippen molar-refractivity contribution < 1.29 is 23.0 Å². The second kappa shape index (κ2) is 8.34. The highest BCUT2D eigenvalue weighted by atomic mass is 19.3. The minimum absolute atomic E-state index is 0.0263. The molecule has 7 heteroatoms. The second-order valence-corrected chi connectivity index (χ2v) is 7.26. The van der Waals surface area contributed by atoms with Crippen LogP contribution in [0.25, 0.3) is 32.9 Å². The summed E-state index contributed by atoms with van der Waals surface area (Å²) in [6.07, 6.45) is 1.58. The van der Waals surface area contributed by atoms with Crippen LogP contribution < -0.4 is 4.74 Å². The van der Waals surface area contributed by atoms with Gasteiger partial charge in [-0.25, -0.2) is 0 Å². The smallest absolute Gasteiger partial charge is 0.387 e. The normalized spacial score (nSPS) is 11.4. The third-order valence-corrected chi connectivity index (χ3v) is 5.29. The van der Waals surface area contributed by atoms with E-state index < -0.39 is 6.61 Å². The average molecular weight is 424 g/mol. The maximum absolute atomic E-state index is 12.9. The van der Waals surface area contributed by atoms with Crippen LogP contribution >= 0.6 is 0 Å². The summed E-state index contributed by atoms with van der Waals surface area (Å²) in [6, 6.07) is 12.9. The molecule has 0 saturated heterocycles. The van der Waals surface area contributed by atoms with Crippen LogP contribution in [-0.4, -0.2) is 28.7 Å². The summed E-state index contributed by atoms with van der Waals surface area (Å²) in [7, 11) is 0. The van der Waals surface area contributed by atoms with Gasteiger partial charge in [0.2, 0.25) is 0 Å². The molecule has 2 heterocycles. The molecule has 2 aromatic carbocycles. The number of pyridine rings is 1. The topological polar surface area (TPSA) is 53.4 Å². The second-order valence-electron chi connectivity index (χ2n) is 7.26. The van der Waals surface area contributed by atoms with Crippen molar-refractivity contribution in [3.63, 3.8) is 0 Å². The summed E-state index contributed by atoms with van der Waals surface area (Å²) in [6.45, 7) is 3.17. The quantitative estimate of drug-likeness (QED) is 0.376. The van der Waals surface area contributed by atoms with E-state index in [2.05, 4.69) is 15.8 Å². The van der Waals surface area contributed by atoms with Gasteiger partial charge in [0.1, 0.15) is 12.1 Å². The van der Waals surface area contributed by atoms with Crippen molar-refractivity contribution in [2.75, 3.05) is 6.61 Å². The van der Waals surface area contributed by atoms with E-state index in [9.17, 15) is 13.6 Å². The number of nitrogens with zero attached hydrogens (tertiary/aromatic N) is 2. The number of aryl methyl sites for hydroxylation is 1. The number of para-hydroxylation sites is 1. The number of carbonyl (C=O) groups excluding carboxylic acids is 1. The Balaban J connectivity index is 1.98. The predicted octanol–water partition coefficient (Wildman–Crippen LogP) is 5.64. The van der Waals surface area contributed by atoms with Crippen molar-refractivity contribution in [2.24, 2.45) is 0 Å². The number of ether oxygens (including phenoxy) is 2. The fourth-order valence-electron chi connectivity index (χ4n) is 4.03. The summed E-state index contributed by atoms with van der Waals surface area (Å²) >= 11 is 0. The first-order valence-electron chi connectivity index (χ1n) is 9.98. The number of esters is 1. The molecule has 31 heavy (non-hydrogen) atoms. The van der Waals surface area contributed by atoms with Gasteiger partial charge in [-0.05, 0) is 50.6 Å². The molecule has 4 aromatic rings. The molecule has 0 amide bonds. The Labute approximate surface area is 178 Å². The number of benzene rings is 2.